The van der Waals surface area contributed by atoms with Gasteiger partial charge in [0.25, 0.3) is 0 Å². The highest BCUT2D eigenvalue weighted by Gasteiger charge is 2.16. The fraction of sp³-hybridized carbons (Fsp3) is 0.625. The third-order valence-corrected chi connectivity index (χ3v) is 3.44. The zero-order chi connectivity index (χ0) is 13.7. The van der Waals surface area contributed by atoms with Crippen LogP contribution in [0.3, 0.4) is 0 Å². The lowest BCUT2D eigenvalue weighted by atomic mass is 10.0. The molecular weight excluding hydrogens is 238 g/mol. The molecule has 1 unspecified atom stereocenters. The van der Waals surface area contributed by atoms with Gasteiger partial charge in [0, 0.05) is 25.3 Å². The summed E-state index contributed by atoms with van der Waals surface area (Å²) in [6, 6.07) is 9.29. The Hall–Kier alpha value is -1.06. The van der Waals surface area contributed by atoms with Crippen LogP contribution in [0.25, 0.3) is 0 Å². The van der Waals surface area contributed by atoms with Gasteiger partial charge >= 0.3 is 0 Å². The Balaban J connectivity index is 1.95. The molecule has 1 fully saturated rings. The predicted molar refractivity (Wildman–Crippen MR) is 77.6 cm³/mol. The molecule has 0 aromatic heterocycles. The first kappa shape index (κ1) is 14.4. The normalized spacial score (nSPS) is 18.5. The Morgan fingerprint density at radius 1 is 1.21 bits per heavy atom. The number of nitrogens with one attached hydrogen (secondary N) is 1. The lowest BCUT2D eigenvalue weighted by molar-refractivity contribution is 0.0754. The molecule has 1 saturated heterocycles. The molecule has 0 radical (unpaired) electrons. The van der Waals surface area contributed by atoms with Crippen LogP contribution in [-0.2, 0) is 4.74 Å². The number of benzene rings is 1. The van der Waals surface area contributed by atoms with Gasteiger partial charge in [0.15, 0.2) is 0 Å². The van der Waals surface area contributed by atoms with Crippen molar-refractivity contribution in [3.05, 3.63) is 29.8 Å². The molecule has 3 nitrogen and oxygen atoms in total. The average Bonchev–Trinajstić information content (AvgIpc) is 2.39. The maximum absolute atomic E-state index is 5.75. The molecule has 106 valence electrons. The SMILES string of the molecule is CC(C)Oc1cccc(C(C)NC2CCOCC2)c1. The second-order valence-corrected chi connectivity index (χ2v) is 5.51. The van der Waals surface area contributed by atoms with E-state index in [4.69, 9.17) is 9.47 Å². The molecule has 0 spiro atoms. The summed E-state index contributed by atoms with van der Waals surface area (Å²) in [5, 5.41) is 3.68. The van der Waals surface area contributed by atoms with Gasteiger partial charge in [0.05, 0.1) is 6.10 Å². The fourth-order valence-corrected chi connectivity index (χ4v) is 2.44. The number of ether oxygens (including phenoxy) is 2. The Morgan fingerprint density at radius 3 is 2.63 bits per heavy atom. The van der Waals surface area contributed by atoms with E-state index in [1.165, 1.54) is 5.56 Å². The van der Waals surface area contributed by atoms with Gasteiger partial charge in [-0.15, -0.1) is 0 Å². The van der Waals surface area contributed by atoms with Crippen LogP contribution in [0.2, 0.25) is 0 Å². The maximum Gasteiger partial charge on any atom is 0.120 e. The molecule has 1 N–H and O–H groups in total. The summed E-state index contributed by atoms with van der Waals surface area (Å²) in [6.07, 6.45) is 2.42. The minimum atomic E-state index is 0.217. The molecule has 0 aliphatic carbocycles. The zero-order valence-corrected chi connectivity index (χ0v) is 12.2. The first-order valence-corrected chi connectivity index (χ1v) is 7.25. The predicted octanol–water partition coefficient (Wildman–Crippen LogP) is 3.30. The van der Waals surface area contributed by atoms with Crippen LogP contribution in [0, 0.1) is 0 Å². The van der Waals surface area contributed by atoms with Crippen molar-refractivity contribution in [2.45, 2.75) is 51.8 Å². The van der Waals surface area contributed by atoms with Crippen LogP contribution in [-0.4, -0.2) is 25.4 Å². The van der Waals surface area contributed by atoms with Gasteiger partial charge in [-0.25, -0.2) is 0 Å². The lowest BCUT2D eigenvalue weighted by Crippen LogP contribution is -2.36. The highest BCUT2D eigenvalue weighted by molar-refractivity contribution is 5.30. The van der Waals surface area contributed by atoms with E-state index in [0.717, 1.165) is 31.8 Å². The molecule has 0 saturated carbocycles. The van der Waals surface area contributed by atoms with Crippen molar-refractivity contribution < 1.29 is 9.47 Å². The molecule has 1 aliphatic rings. The van der Waals surface area contributed by atoms with Gasteiger partial charge in [-0.05, 0) is 51.3 Å². The Labute approximate surface area is 116 Å². The largest absolute Gasteiger partial charge is 0.491 e. The molecular formula is C16H25NO2. The Bertz CT molecular complexity index is 386. The van der Waals surface area contributed by atoms with Gasteiger partial charge < -0.3 is 14.8 Å². The summed E-state index contributed by atoms with van der Waals surface area (Å²) in [5.74, 6) is 0.952. The van der Waals surface area contributed by atoms with E-state index >= 15 is 0 Å². The summed E-state index contributed by atoms with van der Waals surface area (Å²) < 4.78 is 11.1. The molecule has 1 aliphatic heterocycles. The minimum Gasteiger partial charge on any atom is -0.491 e. The highest BCUT2D eigenvalue weighted by atomic mass is 16.5. The molecule has 1 heterocycles. The van der Waals surface area contributed by atoms with Gasteiger partial charge in [0.2, 0.25) is 0 Å². The van der Waals surface area contributed by atoms with E-state index in [0.29, 0.717) is 12.1 Å². The molecule has 1 aromatic rings. The molecule has 0 bridgehead atoms. The molecule has 1 aromatic carbocycles. The van der Waals surface area contributed by atoms with Crippen molar-refractivity contribution in [1.82, 2.24) is 5.32 Å². The van der Waals surface area contributed by atoms with Crippen LogP contribution in [0.5, 0.6) is 5.75 Å². The quantitative estimate of drug-likeness (QED) is 0.884. The third kappa shape index (κ3) is 4.51. The molecule has 0 amide bonds. The number of hydrogen-bond donors (Lipinski definition) is 1. The van der Waals surface area contributed by atoms with Gasteiger partial charge in [-0.3, -0.25) is 0 Å². The van der Waals surface area contributed by atoms with E-state index in [2.05, 4.69) is 44.3 Å². The highest BCUT2D eigenvalue weighted by Crippen LogP contribution is 2.21. The number of rotatable bonds is 5. The van der Waals surface area contributed by atoms with Crippen molar-refractivity contribution in [3.63, 3.8) is 0 Å². The zero-order valence-electron chi connectivity index (χ0n) is 12.2. The van der Waals surface area contributed by atoms with Crippen molar-refractivity contribution in [1.29, 1.82) is 0 Å². The van der Waals surface area contributed by atoms with E-state index in [9.17, 15) is 0 Å². The molecule has 1 atom stereocenters. The summed E-state index contributed by atoms with van der Waals surface area (Å²) in [5.41, 5.74) is 1.28. The van der Waals surface area contributed by atoms with E-state index in [1.807, 2.05) is 6.07 Å². The third-order valence-electron chi connectivity index (χ3n) is 3.44. The monoisotopic (exact) mass is 263 g/mol. The number of hydrogen-bond acceptors (Lipinski definition) is 3. The van der Waals surface area contributed by atoms with Crippen LogP contribution >= 0.6 is 0 Å². The van der Waals surface area contributed by atoms with Crippen LogP contribution in [0.15, 0.2) is 24.3 Å². The Morgan fingerprint density at radius 2 is 1.95 bits per heavy atom. The lowest BCUT2D eigenvalue weighted by Gasteiger charge is -2.27. The van der Waals surface area contributed by atoms with E-state index in [-0.39, 0.29) is 6.10 Å². The summed E-state index contributed by atoms with van der Waals surface area (Å²) in [7, 11) is 0. The van der Waals surface area contributed by atoms with Crippen LogP contribution in [0.4, 0.5) is 0 Å². The molecule has 19 heavy (non-hydrogen) atoms. The minimum absolute atomic E-state index is 0.217. The van der Waals surface area contributed by atoms with Gasteiger partial charge in [-0.1, -0.05) is 12.1 Å². The second-order valence-electron chi connectivity index (χ2n) is 5.51. The van der Waals surface area contributed by atoms with E-state index < -0.39 is 0 Å². The van der Waals surface area contributed by atoms with Crippen molar-refractivity contribution in [2.75, 3.05) is 13.2 Å². The average molecular weight is 263 g/mol. The summed E-state index contributed by atoms with van der Waals surface area (Å²) >= 11 is 0. The molecule has 3 heteroatoms. The Kier molecular flexibility index (Phi) is 5.23. The standard InChI is InChI=1S/C16H25NO2/c1-12(2)19-16-6-4-5-14(11-16)13(3)17-15-7-9-18-10-8-15/h4-6,11-13,15,17H,7-10H2,1-3H3. The van der Waals surface area contributed by atoms with Crippen molar-refractivity contribution in [2.24, 2.45) is 0 Å². The van der Waals surface area contributed by atoms with Gasteiger partial charge in [-0.2, -0.15) is 0 Å². The first-order chi connectivity index (χ1) is 9.15. The first-order valence-electron chi connectivity index (χ1n) is 7.25. The van der Waals surface area contributed by atoms with Crippen LogP contribution in [0.1, 0.15) is 45.2 Å². The van der Waals surface area contributed by atoms with Crippen molar-refractivity contribution in [3.8, 4) is 5.75 Å². The summed E-state index contributed by atoms with van der Waals surface area (Å²) in [4.78, 5) is 0. The molecule has 2 rings (SSSR count). The van der Waals surface area contributed by atoms with Gasteiger partial charge in [0.1, 0.15) is 5.75 Å². The van der Waals surface area contributed by atoms with Crippen LogP contribution < -0.4 is 10.1 Å². The topological polar surface area (TPSA) is 30.5 Å². The van der Waals surface area contributed by atoms with Crippen molar-refractivity contribution >= 4 is 0 Å². The fourth-order valence-electron chi connectivity index (χ4n) is 2.44. The maximum atomic E-state index is 5.75. The summed E-state index contributed by atoms with van der Waals surface area (Å²) in [6.45, 7) is 8.07. The second kappa shape index (κ2) is 6.92. The smallest absolute Gasteiger partial charge is 0.120 e. The van der Waals surface area contributed by atoms with E-state index in [1.54, 1.807) is 0 Å².